The molecule has 0 aliphatic carbocycles. The summed E-state index contributed by atoms with van der Waals surface area (Å²) in [5.74, 6) is 1.69. The summed E-state index contributed by atoms with van der Waals surface area (Å²) < 4.78 is 0. The fraction of sp³-hybridized carbons (Fsp3) is 0.176. The standard InChI is InChI=1S/C17H17N3OS/c1-12-5-4-6-13(9-12)10-22-11-16(21)20-17-18-14-7-2-3-8-15(14)19-17/h2-9H,10-11H2,1H3,(H2,18,19,20,21). The van der Waals surface area contributed by atoms with Gasteiger partial charge in [-0.15, -0.1) is 11.8 Å². The second-order valence-electron chi connectivity index (χ2n) is 5.13. The van der Waals surface area contributed by atoms with E-state index in [0.717, 1.165) is 16.8 Å². The number of carbonyl (C=O) groups is 1. The number of thioether (sulfide) groups is 1. The summed E-state index contributed by atoms with van der Waals surface area (Å²) in [5.41, 5.74) is 4.25. The number of hydrogen-bond acceptors (Lipinski definition) is 3. The van der Waals surface area contributed by atoms with Gasteiger partial charge in [0, 0.05) is 5.75 Å². The lowest BCUT2D eigenvalue weighted by Crippen LogP contribution is -2.15. The summed E-state index contributed by atoms with van der Waals surface area (Å²) in [6, 6.07) is 16.0. The fourth-order valence-corrected chi connectivity index (χ4v) is 3.02. The first-order valence-electron chi connectivity index (χ1n) is 7.08. The Balaban J connectivity index is 1.52. The third-order valence-electron chi connectivity index (χ3n) is 3.23. The lowest BCUT2D eigenvalue weighted by molar-refractivity contribution is -0.113. The number of aryl methyl sites for hydroxylation is 1. The van der Waals surface area contributed by atoms with Crippen molar-refractivity contribution < 1.29 is 4.79 Å². The van der Waals surface area contributed by atoms with Crippen LogP contribution in [0.3, 0.4) is 0 Å². The van der Waals surface area contributed by atoms with Crippen molar-refractivity contribution in [1.82, 2.24) is 9.97 Å². The molecule has 112 valence electrons. The number of anilines is 1. The Bertz CT molecular complexity index is 764. The molecule has 0 spiro atoms. The molecule has 4 nitrogen and oxygen atoms in total. The SMILES string of the molecule is Cc1cccc(CSCC(=O)Nc2nc3ccccc3[nH]2)c1. The minimum Gasteiger partial charge on any atom is -0.324 e. The maximum absolute atomic E-state index is 12.0. The van der Waals surface area contributed by atoms with Crippen molar-refractivity contribution in [2.24, 2.45) is 0 Å². The molecule has 0 radical (unpaired) electrons. The summed E-state index contributed by atoms with van der Waals surface area (Å²) in [5, 5.41) is 2.80. The second-order valence-corrected chi connectivity index (χ2v) is 6.12. The first-order chi connectivity index (χ1) is 10.7. The number of imidazole rings is 1. The molecule has 5 heteroatoms. The normalized spacial score (nSPS) is 10.8. The molecule has 22 heavy (non-hydrogen) atoms. The van der Waals surface area contributed by atoms with E-state index in [1.807, 2.05) is 30.3 Å². The highest BCUT2D eigenvalue weighted by molar-refractivity contribution is 7.99. The number of carbonyl (C=O) groups excluding carboxylic acids is 1. The van der Waals surface area contributed by atoms with E-state index in [4.69, 9.17) is 0 Å². The number of nitrogens with one attached hydrogen (secondary N) is 2. The van der Waals surface area contributed by atoms with Crippen LogP contribution in [-0.2, 0) is 10.5 Å². The van der Waals surface area contributed by atoms with Crippen LogP contribution in [0.15, 0.2) is 48.5 Å². The van der Waals surface area contributed by atoms with Gasteiger partial charge in [-0.3, -0.25) is 10.1 Å². The summed E-state index contributed by atoms with van der Waals surface area (Å²) in [6.07, 6.45) is 0. The number of amides is 1. The Morgan fingerprint density at radius 3 is 2.91 bits per heavy atom. The highest BCUT2D eigenvalue weighted by atomic mass is 32.2. The number of rotatable bonds is 5. The van der Waals surface area contributed by atoms with Gasteiger partial charge in [-0.25, -0.2) is 4.98 Å². The van der Waals surface area contributed by atoms with Crippen molar-refractivity contribution in [3.8, 4) is 0 Å². The van der Waals surface area contributed by atoms with Crippen LogP contribution in [0.2, 0.25) is 0 Å². The van der Waals surface area contributed by atoms with Gasteiger partial charge in [-0.1, -0.05) is 42.0 Å². The van der Waals surface area contributed by atoms with E-state index in [-0.39, 0.29) is 5.91 Å². The second kappa shape index (κ2) is 6.66. The lowest BCUT2D eigenvalue weighted by Gasteiger charge is -2.03. The first kappa shape index (κ1) is 14.7. The number of nitrogens with zero attached hydrogens (tertiary/aromatic N) is 1. The van der Waals surface area contributed by atoms with Gasteiger partial charge < -0.3 is 4.98 Å². The van der Waals surface area contributed by atoms with Crippen LogP contribution in [0.5, 0.6) is 0 Å². The third-order valence-corrected chi connectivity index (χ3v) is 4.24. The molecule has 0 saturated carbocycles. The van der Waals surface area contributed by atoms with Crippen molar-refractivity contribution in [2.75, 3.05) is 11.1 Å². The largest absolute Gasteiger partial charge is 0.324 e. The molecular formula is C17H17N3OS. The minimum atomic E-state index is -0.0447. The number of H-pyrrole nitrogens is 1. The zero-order chi connectivity index (χ0) is 15.4. The van der Waals surface area contributed by atoms with Crippen LogP contribution in [0.4, 0.5) is 5.95 Å². The molecular weight excluding hydrogens is 294 g/mol. The molecule has 2 aromatic carbocycles. The van der Waals surface area contributed by atoms with E-state index in [0.29, 0.717) is 11.7 Å². The predicted molar refractivity (Wildman–Crippen MR) is 92.1 cm³/mol. The number of aromatic nitrogens is 2. The molecule has 1 heterocycles. The molecule has 0 saturated heterocycles. The maximum atomic E-state index is 12.0. The predicted octanol–water partition coefficient (Wildman–Crippen LogP) is 3.74. The summed E-state index contributed by atoms with van der Waals surface area (Å²) in [7, 11) is 0. The van der Waals surface area contributed by atoms with Gasteiger partial charge >= 0.3 is 0 Å². The average molecular weight is 311 g/mol. The van der Waals surface area contributed by atoms with Crippen LogP contribution in [0.25, 0.3) is 11.0 Å². The van der Waals surface area contributed by atoms with Crippen molar-refractivity contribution >= 4 is 34.7 Å². The highest BCUT2D eigenvalue weighted by Crippen LogP contribution is 2.15. The molecule has 0 unspecified atom stereocenters. The van der Waals surface area contributed by atoms with Gasteiger partial charge in [0.1, 0.15) is 0 Å². The summed E-state index contributed by atoms with van der Waals surface area (Å²) in [4.78, 5) is 19.4. The molecule has 3 aromatic rings. The average Bonchev–Trinajstić information content (AvgIpc) is 2.89. The van der Waals surface area contributed by atoms with Crippen LogP contribution in [0, 0.1) is 6.92 Å². The molecule has 1 amide bonds. The number of fused-ring (bicyclic) bond motifs is 1. The maximum Gasteiger partial charge on any atom is 0.236 e. The van der Waals surface area contributed by atoms with Gasteiger partial charge in [0.05, 0.1) is 16.8 Å². The Hall–Kier alpha value is -2.27. The van der Waals surface area contributed by atoms with Crippen LogP contribution in [0.1, 0.15) is 11.1 Å². The minimum absolute atomic E-state index is 0.0447. The Morgan fingerprint density at radius 1 is 1.23 bits per heavy atom. The smallest absolute Gasteiger partial charge is 0.236 e. The van der Waals surface area contributed by atoms with Gasteiger partial charge in [0.2, 0.25) is 11.9 Å². The molecule has 0 aliphatic rings. The van der Waals surface area contributed by atoms with Gasteiger partial charge in [-0.05, 0) is 24.6 Å². The number of hydrogen-bond donors (Lipinski definition) is 2. The molecule has 1 aromatic heterocycles. The van der Waals surface area contributed by atoms with Crippen LogP contribution >= 0.6 is 11.8 Å². The number of benzene rings is 2. The third kappa shape index (κ3) is 3.68. The first-order valence-corrected chi connectivity index (χ1v) is 8.24. The Morgan fingerprint density at radius 2 is 2.09 bits per heavy atom. The molecule has 3 rings (SSSR count). The van der Waals surface area contributed by atoms with Crippen LogP contribution in [-0.4, -0.2) is 21.6 Å². The zero-order valence-electron chi connectivity index (χ0n) is 12.3. The molecule has 0 fully saturated rings. The van der Waals surface area contributed by atoms with Crippen molar-refractivity contribution in [1.29, 1.82) is 0 Å². The highest BCUT2D eigenvalue weighted by Gasteiger charge is 2.07. The molecule has 2 N–H and O–H groups in total. The van der Waals surface area contributed by atoms with Gasteiger partial charge in [-0.2, -0.15) is 0 Å². The van der Waals surface area contributed by atoms with E-state index < -0.39 is 0 Å². The molecule has 0 aliphatic heterocycles. The van der Waals surface area contributed by atoms with Gasteiger partial charge in [0.15, 0.2) is 0 Å². The topological polar surface area (TPSA) is 57.8 Å². The fourth-order valence-electron chi connectivity index (χ4n) is 2.24. The summed E-state index contributed by atoms with van der Waals surface area (Å²) >= 11 is 1.60. The van der Waals surface area contributed by atoms with Crippen LogP contribution < -0.4 is 5.32 Å². The van der Waals surface area contributed by atoms with E-state index in [1.54, 1.807) is 11.8 Å². The zero-order valence-corrected chi connectivity index (χ0v) is 13.1. The Labute approximate surface area is 133 Å². The van der Waals surface area contributed by atoms with Crippen molar-refractivity contribution in [2.45, 2.75) is 12.7 Å². The van der Waals surface area contributed by atoms with E-state index >= 15 is 0 Å². The Kier molecular flexibility index (Phi) is 4.44. The van der Waals surface area contributed by atoms with Gasteiger partial charge in [0.25, 0.3) is 0 Å². The van der Waals surface area contributed by atoms with E-state index in [2.05, 4.69) is 40.4 Å². The number of para-hydroxylation sites is 2. The summed E-state index contributed by atoms with van der Waals surface area (Å²) in [6.45, 7) is 2.07. The molecule has 0 atom stereocenters. The monoisotopic (exact) mass is 311 g/mol. The lowest BCUT2D eigenvalue weighted by atomic mass is 10.2. The van der Waals surface area contributed by atoms with Crippen molar-refractivity contribution in [3.63, 3.8) is 0 Å². The van der Waals surface area contributed by atoms with E-state index in [9.17, 15) is 4.79 Å². The quantitative estimate of drug-likeness (QED) is 0.754. The number of aromatic amines is 1. The molecule has 0 bridgehead atoms. The van der Waals surface area contributed by atoms with E-state index in [1.165, 1.54) is 11.1 Å². The van der Waals surface area contributed by atoms with Crippen molar-refractivity contribution in [3.05, 3.63) is 59.7 Å².